The number of ether oxygens (including phenoxy) is 1. The number of nitrogens with zero attached hydrogens (tertiary/aromatic N) is 1. The minimum Gasteiger partial charge on any atom is -0.479 e. The SMILES string of the molecule is CC(Oc1cccc(Cl)c1Cl)C(=O)N1CCC(C(C)N)CC1.Cl. The largest absolute Gasteiger partial charge is 0.479 e. The van der Waals surface area contributed by atoms with Gasteiger partial charge in [-0.2, -0.15) is 0 Å². The van der Waals surface area contributed by atoms with E-state index in [0.29, 0.717) is 21.7 Å². The summed E-state index contributed by atoms with van der Waals surface area (Å²) in [6.45, 7) is 5.20. The number of carbonyl (C=O) groups is 1. The highest BCUT2D eigenvalue weighted by Gasteiger charge is 2.28. The first-order chi connectivity index (χ1) is 10.4. The minimum absolute atomic E-state index is 0. The molecule has 2 N–H and O–H groups in total. The molecular formula is C16H23Cl3N2O2. The summed E-state index contributed by atoms with van der Waals surface area (Å²) in [4.78, 5) is 14.3. The maximum Gasteiger partial charge on any atom is 0.263 e. The van der Waals surface area contributed by atoms with Crippen LogP contribution in [0.15, 0.2) is 18.2 Å². The van der Waals surface area contributed by atoms with Crippen LogP contribution in [0.5, 0.6) is 5.75 Å². The van der Waals surface area contributed by atoms with Crippen LogP contribution in [0.4, 0.5) is 0 Å². The molecule has 1 aliphatic rings. The van der Waals surface area contributed by atoms with Gasteiger partial charge in [0.2, 0.25) is 0 Å². The van der Waals surface area contributed by atoms with Gasteiger partial charge in [0.1, 0.15) is 10.8 Å². The van der Waals surface area contributed by atoms with Gasteiger partial charge in [0.05, 0.1) is 5.02 Å². The molecule has 2 unspecified atom stereocenters. The van der Waals surface area contributed by atoms with Crippen LogP contribution in [-0.4, -0.2) is 36.0 Å². The van der Waals surface area contributed by atoms with Crippen molar-refractivity contribution < 1.29 is 9.53 Å². The van der Waals surface area contributed by atoms with E-state index in [4.69, 9.17) is 33.7 Å². The van der Waals surface area contributed by atoms with Crippen molar-refractivity contribution in [3.05, 3.63) is 28.2 Å². The van der Waals surface area contributed by atoms with Crippen molar-refractivity contribution in [1.29, 1.82) is 0 Å². The van der Waals surface area contributed by atoms with Crippen LogP contribution in [0.3, 0.4) is 0 Å². The molecule has 1 saturated heterocycles. The molecule has 0 aliphatic carbocycles. The second kappa shape index (κ2) is 8.97. The number of carbonyl (C=O) groups excluding carboxylic acids is 1. The molecule has 0 saturated carbocycles. The molecule has 130 valence electrons. The molecule has 2 rings (SSSR count). The van der Waals surface area contributed by atoms with Crippen LogP contribution in [0.25, 0.3) is 0 Å². The molecule has 0 bridgehead atoms. The summed E-state index contributed by atoms with van der Waals surface area (Å²) in [7, 11) is 0. The lowest BCUT2D eigenvalue weighted by atomic mass is 9.91. The van der Waals surface area contributed by atoms with Gasteiger partial charge in [0.15, 0.2) is 6.10 Å². The lowest BCUT2D eigenvalue weighted by molar-refractivity contribution is -0.139. The zero-order valence-electron chi connectivity index (χ0n) is 13.3. The first-order valence-electron chi connectivity index (χ1n) is 7.55. The zero-order valence-corrected chi connectivity index (χ0v) is 15.6. The van der Waals surface area contributed by atoms with Crippen molar-refractivity contribution in [1.82, 2.24) is 4.90 Å². The first kappa shape index (κ1) is 20.4. The second-order valence-corrected chi connectivity index (χ2v) is 6.62. The number of nitrogens with two attached hydrogens (primary N) is 1. The van der Waals surface area contributed by atoms with Crippen LogP contribution in [0.1, 0.15) is 26.7 Å². The van der Waals surface area contributed by atoms with Gasteiger partial charge in [-0.05, 0) is 44.7 Å². The van der Waals surface area contributed by atoms with Crippen molar-refractivity contribution in [2.75, 3.05) is 13.1 Å². The van der Waals surface area contributed by atoms with Crippen LogP contribution < -0.4 is 10.5 Å². The topological polar surface area (TPSA) is 55.6 Å². The van der Waals surface area contributed by atoms with Crippen molar-refractivity contribution in [2.45, 2.75) is 38.8 Å². The number of hydrogen-bond donors (Lipinski definition) is 1. The molecule has 0 aromatic heterocycles. The summed E-state index contributed by atoms with van der Waals surface area (Å²) in [5, 5.41) is 0.746. The fraction of sp³-hybridized carbons (Fsp3) is 0.562. The maximum atomic E-state index is 12.5. The molecule has 0 spiro atoms. The van der Waals surface area contributed by atoms with Crippen LogP contribution in [-0.2, 0) is 4.79 Å². The molecule has 23 heavy (non-hydrogen) atoms. The monoisotopic (exact) mass is 380 g/mol. The molecule has 2 atom stereocenters. The van der Waals surface area contributed by atoms with Crippen molar-refractivity contribution in [3.63, 3.8) is 0 Å². The van der Waals surface area contributed by atoms with Crippen molar-refractivity contribution in [2.24, 2.45) is 11.7 Å². The Morgan fingerprint density at radius 1 is 1.30 bits per heavy atom. The van der Waals surface area contributed by atoms with E-state index in [0.717, 1.165) is 25.9 Å². The van der Waals surface area contributed by atoms with E-state index in [1.165, 1.54) is 0 Å². The number of amides is 1. The average Bonchev–Trinajstić information content (AvgIpc) is 2.51. The quantitative estimate of drug-likeness (QED) is 0.863. The van der Waals surface area contributed by atoms with E-state index < -0.39 is 6.10 Å². The Morgan fingerprint density at radius 3 is 2.48 bits per heavy atom. The van der Waals surface area contributed by atoms with Crippen molar-refractivity contribution >= 4 is 41.5 Å². The first-order valence-corrected chi connectivity index (χ1v) is 8.30. The van der Waals surface area contributed by atoms with Gasteiger partial charge in [0, 0.05) is 19.1 Å². The fourth-order valence-electron chi connectivity index (χ4n) is 2.72. The molecule has 7 heteroatoms. The van der Waals surface area contributed by atoms with E-state index >= 15 is 0 Å². The Bertz CT molecular complexity index is 532. The molecular weight excluding hydrogens is 359 g/mol. The maximum absolute atomic E-state index is 12.5. The van der Waals surface area contributed by atoms with Gasteiger partial charge in [-0.15, -0.1) is 12.4 Å². The Morgan fingerprint density at radius 2 is 1.91 bits per heavy atom. The molecule has 0 radical (unpaired) electrons. The third-order valence-electron chi connectivity index (χ3n) is 4.16. The standard InChI is InChI=1S/C16H22Cl2N2O2.ClH/c1-10(19)12-6-8-20(9-7-12)16(21)11(2)22-14-5-3-4-13(17)15(14)18;/h3-5,10-12H,6-9,19H2,1-2H3;1H. The Balaban J connectivity index is 0.00000264. The van der Waals surface area contributed by atoms with Gasteiger partial charge < -0.3 is 15.4 Å². The lowest BCUT2D eigenvalue weighted by Crippen LogP contribution is -2.46. The summed E-state index contributed by atoms with van der Waals surface area (Å²) in [5.41, 5.74) is 5.93. The third-order valence-corrected chi connectivity index (χ3v) is 4.96. The molecule has 4 nitrogen and oxygen atoms in total. The number of rotatable bonds is 4. The van der Waals surface area contributed by atoms with Crippen LogP contribution in [0.2, 0.25) is 10.0 Å². The number of halogens is 3. The molecule has 1 aromatic carbocycles. The fourth-order valence-corrected chi connectivity index (χ4v) is 3.06. The lowest BCUT2D eigenvalue weighted by Gasteiger charge is -2.35. The highest BCUT2D eigenvalue weighted by Crippen LogP contribution is 2.32. The predicted molar refractivity (Wildman–Crippen MR) is 96.8 cm³/mol. The normalized spacial score (nSPS) is 18.0. The van der Waals surface area contributed by atoms with Gasteiger partial charge in [-0.25, -0.2) is 0 Å². The molecule has 1 aromatic rings. The van der Waals surface area contributed by atoms with Gasteiger partial charge in [-0.3, -0.25) is 4.79 Å². The van der Waals surface area contributed by atoms with E-state index in [1.54, 1.807) is 25.1 Å². The Kier molecular flexibility index (Phi) is 7.95. The van der Waals surface area contributed by atoms with Gasteiger partial charge >= 0.3 is 0 Å². The van der Waals surface area contributed by atoms with E-state index in [-0.39, 0.29) is 24.4 Å². The van der Waals surface area contributed by atoms with Gasteiger partial charge in [-0.1, -0.05) is 29.3 Å². The number of benzene rings is 1. The molecule has 1 fully saturated rings. The zero-order chi connectivity index (χ0) is 16.3. The highest BCUT2D eigenvalue weighted by atomic mass is 35.5. The molecule has 1 aliphatic heterocycles. The number of hydrogen-bond acceptors (Lipinski definition) is 3. The summed E-state index contributed by atoms with van der Waals surface area (Å²) in [6.07, 6.45) is 1.28. The minimum atomic E-state index is -0.595. The van der Waals surface area contributed by atoms with E-state index in [9.17, 15) is 4.79 Å². The number of likely N-dealkylation sites (tertiary alicyclic amines) is 1. The van der Waals surface area contributed by atoms with Crippen molar-refractivity contribution in [3.8, 4) is 5.75 Å². The molecule has 1 heterocycles. The summed E-state index contributed by atoms with van der Waals surface area (Å²) < 4.78 is 5.68. The summed E-state index contributed by atoms with van der Waals surface area (Å²) in [6, 6.07) is 5.31. The van der Waals surface area contributed by atoms with E-state index in [2.05, 4.69) is 0 Å². The van der Waals surface area contributed by atoms with Crippen LogP contribution >= 0.6 is 35.6 Å². The summed E-state index contributed by atoms with van der Waals surface area (Å²) in [5.74, 6) is 0.891. The smallest absolute Gasteiger partial charge is 0.263 e. The number of piperidine rings is 1. The predicted octanol–water partition coefficient (Wildman–Crippen LogP) is 3.77. The highest BCUT2D eigenvalue weighted by molar-refractivity contribution is 6.42. The Hall–Kier alpha value is -0.680. The average molecular weight is 382 g/mol. The molecule has 1 amide bonds. The summed E-state index contributed by atoms with van der Waals surface area (Å²) >= 11 is 12.0. The second-order valence-electron chi connectivity index (χ2n) is 5.83. The van der Waals surface area contributed by atoms with Gasteiger partial charge in [0.25, 0.3) is 5.91 Å². The third kappa shape index (κ3) is 5.15. The van der Waals surface area contributed by atoms with E-state index in [1.807, 2.05) is 11.8 Å². The van der Waals surface area contributed by atoms with Crippen LogP contribution in [0, 0.1) is 5.92 Å². The Labute approximate surface area is 153 Å².